The van der Waals surface area contributed by atoms with E-state index in [9.17, 15) is 9.59 Å². The van der Waals surface area contributed by atoms with E-state index < -0.39 is 0 Å². The van der Waals surface area contributed by atoms with Crippen molar-refractivity contribution in [3.63, 3.8) is 0 Å². The largest absolute Gasteiger partial charge is 0.351 e. The van der Waals surface area contributed by atoms with Crippen LogP contribution in [0.5, 0.6) is 0 Å². The molecule has 6 nitrogen and oxygen atoms in total. The number of fused-ring (bicyclic) bond motifs is 1. The van der Waals surface area contributed by atoms with Crippen molar-refractivity contribution in [1.29, 1.82) is 0 Å². The van der Waals surface area contributed by atoms with Crippen LogP contribution in [-0.2, 0) is 23.6 Å². The fourth-order valence-corrected chi connectivity index (χ4v) is 6.26. The number of carbonyl (C=O) groups is 1. The third kappa shape index (κ3) is 6.09. The highest BCUT2D eigenvalue weighted by Crippen LogP contribution is 2.26. The lowest BCUT2D eigenvalue weighted by Crippen LogP contribution is -2.33. The maximum Gasteiger partial charge on any atom is 0.259 e. The first kappa shape index (κ1) is 24.9. The molecule has 1 amide bonds. The minimum Gasteiger partial charge on any atom is -0.351 e. The van der Waals surface area contributed by atoms with Crippen molar-refractivity contribution in [2.45, 2.75) is 64.6 Å². The van der Waals surface area contributed by atoms with Crippen LogP contribution in [0.4, 0.5) is 0 Å². The van der Waals surface area contributed by atoms with Crippen LogP contribution < -0.4 is 10.9 Å². The molecule has 0 unspecified atom stereocenters. The number of benzene rings is 1. The van der Waals surface area contributed by atoms with E-state index in [2.05, 4.69) is 51.4 Å². The molecule has 3 heterocycles. The Morgan fingerprint density at radius 2 is 2.03 bits per heavy atom. The number of carbonyl (C=O) groups excluding carboxylic acids is 1. The van der Waals surface area contributed by atoms with Crippen molar-refractivity contribution >= 4 is 39.2 Å². The number of likely N-dealkylation sites (tertiary alicyclic amines) is 1. The zero-order valence-corrected chi connectivity index (χ0v) is 22.1. The van der Waals surface area contributed by atoms with Gasteiger partial charge in [0, 0.05) is 24.5 Å². The Morgan fingerprint density at radius 3 is 2.76 bits per heavy atom. The van der Waals surface area contributed by atoms with Gasteiger partial charge < -0.3 is 10.3 Å². The third-order valence-electron chi connectivity index (χ3n) is 6.56. The fourth-order valence-electron chi connectivity index (χ4n) is 4.43. The lowest BCUT2D eigenvalue weighted by molar-refractivity contribution is -0.120. The zero-order chi connectivity index (χ0) is 24.2. The summed E-state index contributed by atoms with van der Waals surface area (Å²) in [7, 11) is 0. The molecule has 182 valence electrons. The highest BCUT2D eigenvalue weighted by atomic mass is 32.2. The Kier molecular flexibility index (Phi) is 8.11. The summed E-state index contributed by atoms with van der Waals surface area (Å²) >= 11 is 3.02. The predicted octanol–water partition coefficient (Wildman–Crippen LogP) is 4.77. The van der Waals surface area contributed by atoms with Crippen molar-refractivity contribution in [2.75, 3.05) is 13.1 Å². The van der Waals surface area contributed by atoms with Crippen molar-refractivity contribution in [1.82, 2.24) is 20.2 Å². The SMILES string of the molecule is Cc1sc2nc(CS[C@H](C)C(=O)NCc3ccc(CN4CCC[C@H](C)C4)cc3)[nH]c(=O)c2c1C. The Balaban J connectivity index is 1.25. The quantitative estimate of drug-likeness (QED) is 0.468. The van der Waals surface area contributed by atoms with Crippen LogP contribution in [-0.4, -0.2) is 39.1 Å². The summed E-state index contributed by atoms with van der Waals surface area (Å²) in [4.78, 5) is 36.9. The van der Waals surface area contributed by atoms with Crippen LogP contribution in [0.1, 0.15) is 54.1 Å². The first-order valence-corrected chi connectivity index (χ1v) is 13.8. The molecular weight excluding hydrogens is 464 g/mol. The van der Waals surface area contributed by atoms with Gasteiger partial charge in [-0.3, -0.25) is 14.5 Å². The van der Waals surface area contributed by atoms with Gasteiger partial charge in [-0.1, -0.05) is 31.2 Å². The second kappa shape index (κ2) is 11.1. The van der Waals surface area contributed by atoms with E-state index in [0.717, 1.165) is 33.3 Å². The lowest BCUT2D eigenvalue weighted by Gasteiger charge is -2.30. The lowest BCUT2D eigenvalue weighted by atomic mass is 9.99. The molecule has 2 atom stereocenters. The Labute approximate surface area is 209 Å². The average molecular weight is 499 g/mol. The van der Waals surface area contributed by atoms with Gasteiger partial charge in [-0.2, -0.15) is 0 Å². The van der Waals surface area contributed by atoms with Gasteiger partial charge in [-0.15, -0.1) is 23.1 Å². The summed E-state index contributed by atoms with van der Waals surface area (Å²) in [5.41, 5.74) is 3.32. The number of aryl methyl sites for hydroxylation is 2. The van der Waals surface area contributed by atoms with Gasteiger partial charge in [-0.25, -0.2) is 4.98 Å². The highest BCUT2D eigenvalue weighted by molar-refractivity contribution is 7.99. The van der Waals surface area contributed by atoms with Crippen LogP contribution in [0.15, 0.2) is 29.1 Å². The van der Waals surface area contributed by atoms with Crippen molar-refractivity contribution in [3.05, 3.63) is 62.0 Å². The number of aromatic amines is 1. The molecule has 4 rings (SSSR count). The number of amides is 1. The number of thiophene rings is 1. The predicted molar refractivity (Wildman–Crippen MR) is 142 cm³/mol. The second-order valence-corrected chi connectivity index (χ2v) is 12.0. The van der Waals surface area contributed by atoms with Gasteiger partial charge in [0.25, 0.3) is 5.56 Å². The van der Waals surface area contributed by atoms with E-state index in [1.807, 2.05) is 20.8 Å². The van der Waals surface area contributed by atoms with Crippen LogP contribution in [0.25, 0.3) is 10.2 Å². The van der Waals surface area contributed by atoms with Gasteiger partial charge in [0.1, 0.15) is 10.7 Å². The number of hydrogen-bond donors (Lipinski definition) is 2. The van der Waals surface area contributed by atoms with Gasteiger partial charge in [0.15, 0.2) is 0 Å². The van der Waals surface area contributed by atoms with Crippen LogP contribution >= 0.6 is 23.1 Å². The van der Waals surface area contributed by atoms with Crippen molar-refractivity contribution < 1.29 is 4.79 Å². The van der Waals surface area contributed by atoms with Crippen molar-refractivity contribution in [2.24, 2.45) is 5.92 Å². The normalized spacial score (nSPS) is 17.7. The van der Waals surface area contributed by atoms with E-state index in [1.165, 1.54) is 43.3 Å². The zero-order valence-electron chi connectivity index (χ0n) is 20.4. The van der Waals surface area contributed by atoms with E-state index in [1.54, 1.807) is 11.3 Å². The molecule has 1 aliphatic rings. The molecule has 2 N–H and O–H groups in total. The molecule has 1 aromatic carbocycles. The first-order valence-electron chi connectivity index (χ1n) is 12.0. The van der Waals surface area contributed by atoms with Gasteiger partial charge in [-0.05, 0) is 62.8 Å². The van der Waals surface area contributed by atoms with Crippen LogP contribution in [0.2, 0.25) is 0 Å². The number of rotatable bonds is 8. The van der Waals surface area contributed by atoms with E-state index in [4.69, 9.17) is 0 Å². The van der Waals surface area contributed by atoms with Gasteiger partial charge in [0.05, 0.1) is 16.4 Å². The van der Waals surface area contributed by atoms with Gasteiger partial charge >= 0.3 is 0 Å². The van der Waals surface area contributed by atoms with Crippen molar-refractivity contribution in [3.8, 4) is 0 Å². The Hall–Kier alpha value is -2.16. The molecule has 2 aromatic heterocycles. The smallest absolute Gasteiger partial charge is 0.259 e. The Bertz CT molecular complexity index is 1200. The minimum atomic E-state index is -0.242. The maximum absolute atomic E-state index is 12.6. The molecule has 0 bridgehead atoms. The summed E-state index contributed by atoms with van der Waals surface area (Å²) in [6.45, 7) is 12.0. The fraction of sp³-hybridized carbons (Fsp3) is 0.500. The molecule has 8 heteroatoms. The monoisotopic (exact) mass is 498 g/mol. The third-order valence-corrected chi connectivity index (χ3v) is 8.82. The molecule has 0 aliphatic carbocycles. The van der Waals surface area contributed by atoms with Crippen LogP contribution in [0, 0.1) is 19.8 Å². The molecule has 1 fully saturated rings. The number of hydrogen-bond acceptors (Lipinski definition) is 6. The summed E-state index contributed by atoms with van der Waals surface area (Å²) in [6, 6.07) is 8.56. The average Bonchev–Trinajstić information content (AvgIpc) is 3.10. The maximum atomic E-state index is 12.6. The van der Waals surface area contributed by atoms with Crippen LogP contribution in [0.3, 0.4) is 0 Å². The Morgan fingerprint density at radius 1 is 1.29 bits per heavy atom. The van der Waals surface area contributed by atoms with E-state index in [0.29, 0.717) is 23.5 Å². The molecule has 0 radical (unpaired) electrons. The summed E-state index contributed by atoms with van der Waals surface area (Å²) in [6.07, 6.45) is 2.62. The summed E-state index contributed by atoms with van der Waals surface area (Å²) in [5.74, 6) is 1.87. The second-order valence-electron chi connectivity index (χ2n) is 9.45. The first-order chi connectivity index (χ1) is 16.3. The van der Waals surface area contributed by atoms with Gasteiger partial charge in [0.2, 0.25) is 5.91 Å². The molecule has 1 saturated heterocycles. The molecule has 34 heavy (non-hydrogen) atoms. The van der Waals surface area contributed by atoms with E-state index in [-0.39, 0.29) is 16.7 Å². The molecular formula is C26H34N4O2S2. The number of H-pyrrole nitrogens is 1. The highest BCUT2D eigenvalue weighted by Gasteiger charge is 2.17. The number of aromatic nitrogens is 2. The van der Waals surface area contributed by atoms with E-state index >= 15 is 0 Å². The number of piperidine rings is 1. The summed E-state index contributed by atoms with van der Waals surface area (Å²) < 4.78 is 0. The number of nitrogens with one attached hydrogen (secondary N) is 2. The molecule has 3 aromatic rings. The number of nitrogens with zero attached hydrogens (tertiary/aromatic N) is 2. The molecule has 1 aliphatic heterocycles. The summed E-state index contributed by atoms with van der Waals surface area (Å²) in [5, 5.41) is 3.47. The molecule has 0 saturated carbocycles. The number of thioether (sulfide) groups is 1. The minimum absolute atomic E-state index is 0.0115. The topological polar surface area (TPSA) is 78.1 Å². The molecule has 0 spiro atoms. The standard InChI is InChI=1S/C26H34N4O2S2/c1-16-6-5-11-30(13-16)14-21-9-7-20(8-10-21)12-27-24(31)19(4)33-15-22-28-25(32)23-17(2)18(3)34-26(23)29-22/h7-10,16,19H,5-6,11-15H2,1-4H3,(H,27,31)(H,28,29,32)/t16-,19+/m0/s1.